The highest BCUT2D eigenvalue weighted by Gasteiger charge is 2.37. The third-order valence-corrected chi connectivity index (χ3v) is 5.11. The lowest BCUT2D eigenvalue weighted by molar-refractivity contribution is 0.270. The number of nitrogens with two attached hydrogens (primary N) is 1. The van der Waals surface area contributed by atoms with Gasteiger partial charge in [-0.3, -0.25) is 0 Å². The highest BCUT2D eigenvalue weighted by atomic mass is 16.3. The van der Waals surface area contributed by atoms with E-state index in [1.165, 1.54) is 0 Å². The second-order valence-corrected chi connectivity index (χ2v) is 6.87. The van der Waals surface area contributed by atoms with Gasteiger partial charge >= 0.3 is 0 Å². The average molecular weight is 384 g/mol. The predicted molar refractivity (Wildman–Crippen MR) is 117 cm³/mol. The molecule has 0 saturated heterocycles. The molecule has 0 aliphatic rings. The van der Waals surface area contributed by atoms with Crippen LogP contribution in [0.25, 0.3) is 0 Å². The summed E-state index contributed by atoms with van der Waals surface area (Å²) in [6.07, 6.45) is 1.61. The summed E-state index contributed by atoms with van der Waals surface area (Å²) in [5.41, 5.74) is 9.36. The monoisotopic (exact) mass is 384 g/mol. The summed E-state index contributed by atoms with van der Waals surface area (Å²) in [6, 6.07) is 30.9. The van der Waals surface area contributed by atoms with Gasteiger partial charge in [-0.05, 0) is 16.7 Å². The molecule has 0 bridgehead atoms. The van der Waals surface area contributed by atoms with Crippen LogP contribution in [-0.2, 0) is 12.1 Å². The molecule has 4 N–H and O–H groups in total. The van der Waals surface area contributed by atoms with Crippen LogP contribution in [0.1, 0.15) is 16.7 Å². The Hall–Kier alpha value is -3.57. The maximum atomic E-state index is 9.47. The number of anilines is 2. The SMILES string of the molecule is Nc1cnn(CCO)c1NC(c1ccccc1)(c1ccccc1)c1ccccc1. The summed E-state index contributed by atoms with van der Waals surface area (Å²) in [6.45, 7) is 0.332. The van der Waals surface area contributed by atoms with Crippen molar-refractivity contribution >= 4 is 11.5 Å². The molecular formula is C24H24N4O. The number of aliphatic hydroxyl groups is 1. The van der Waals surface area contributed by atoms with Crippen molar-refractivity contribution < 1.29 is 5.11 Å². The van der Waals surface area contributed by atoms with Crippen LogP contribution >= 0.6 is 0 Å². The van der Waals surface area contributed by atoms with Gasteiger partial charge in [0.1, 0.15) is 11.4 Å². The van der Waals surface area contributed by atoms with E-state index in [0.29, 0.717) is 18.1 Å². The zero-order chi connectivity index (χ0) is 20.1. The summed E-state index contributed by atoms with van der Waals surface area (Å²) < 4.78 is 1.71. The highest BCUT2D eigenvalue weighted by Crippen LogP contribution is 2.41. The lowest BCUT2D eigenvalue weighted by Gasteiger charge is -2.38. The Morgan fingerprint density at radius 1 is 0.793 bits per heavy atom. The highest BCUT2D eigenvalue weighted by molar-refractivity contribution is 5.67. The zero-order valence-corrected chi connectivity index (χ0v) is 16.1. The zero-order valence-electron chi connectivity index (χ0n) is 16.1. The van der Waals surface area contributed by atoms with Gasteiger partial charge in [0.25, 0.3) is 0 Å². The van der Waals surface area contributed by atoms with E-state index in [1.54, 1.807) is 10.9 Å². The van der Waals surface area contributed by atoms with Gasteiger partial charge in [-0.15, -0.1) is 0 Å². The minimum Gasteiger partial charge on any atom is -0.394 e. The van der Waals surface area contributed by atoms with Crippen molar-refractivity contribution in [2.75, 3.05) is 17.7 Å². The van der Waals surface area contributed by atoms with Crippen LogP contribution in [0.15, 0.2) is 97.2 Å². The van der Waals surface area contributed by atoms with Crippen LogP contribution in [0.2, 0.25) is 0 Å². The van der Waals surface area contributed by atoms with Gasteiger partial charge < -0.3 is 16.2 Å². The number of benzene rings is 3. The smallest absolute Gasteiger partial charge is 0.149 e. The van der Waals surface area contributed by atoms with Gasteiger partial charge in [-0.25, -0.2) is 4.68 Å². The quantitative estimate of drug-likeness (QED) is 0.423. The fourth-order valence-corrected chi connectivity index (χ4v) is 3.76. The lowest BCUT2D eigenvalue weighted by Crippen LogP contribution is -2.39. The molecule has 1 aromatic heterocycles. The van der Waals surface area contributed by atoms with Crippen LogP contribution in [0.4, 0.5) is 11.5 Å². The molecular weight excluding hydrogens is 360 g/mol. The Balaban J connectivity index is 2.00. The Kier molecular flexibility index (Phi) is 5.31. The Labute approximate surface area is 170 Å². The number of nitrogens with one attached hydrogen (secondary N) is 1. The van der Waals surface area contributed by atoms with E-state index in [9.17, 15) is 5.11 Å². The molecule has 0 saturated carbocycles. The summed E-state index contributed by atoms with van der Waals surface area (Å²) in [7, 11) is 0. The van der Waals surface area contributed by atoms with E-state index in [2.05, 4.69) is 46.8 Å². The third kappa shape index (κ3) is 3.48. The van der Waals surface area contributed by atoms with Crippen molar-refractivity contribution in [2.24, 2.45) is 0 Å². The maximum Gasteiger partial charge on any atom is 0.149 e. The molecule has 0 fully saturated rings. The molecule has 0 unspecified atom stereocenters. The van der Waals surface area contributed by atoms with E-state index in [1.807, 2.05) is 54.6 Å². The Morgan fingerprint density at radius 3 is 1.66 bits per heavy atom. The maximum absolute atomic E-state index is 9.47. The second-order valence-electron chi connectivity index (χ2n) is 6.87. The van der Waals surface area contributed by atoms with Crippen LogP contribution in [-0.4, -0.2) is 21.5 Å². The molecule has 146 valence electrons. The molecule has 0 spiro atoms. The molecule has 4 aromatic rings. The number of nitrogens with zero attached hydrogens (tertiary/aromatic N) is 2. The van der Waals surface area contributed by atoms with Crippen molar-refractivity contribution in [1.82, 2.24) is 9.78 Å². The summed E-state index contributed by atoms with van der Waals surface area (Å²) in [5.74, 6) is 0.676. The number of aliphatic hydroxyl groups excluding tert-OH is 1. The summed E-state index contributed by atoms with van der Waals surface area (Å²) in [5, 5.41) is 17.5. The molecule has 5 nitrogen and oxygen atoms in total. The molecule has 1 heterocycles. The first-order valence-electron chi connectivity index (χ1n) is 9.62. The predicted octanol–water partition coefficient (Wildman–Crippen LogP) is 3.86. The van der Waals surface area contributed by atoms with Crippen molar-refractivity contribution in [3.8, 4) is 0 Å². The molecule has 0 aliphatic carbocycles. The van der Waals surface area contributed by atoms with Crippen molar-refractivity contribution in [3.05, 3.63) is 114 Å². The van der Waals surface area contributed by atoms with E-state index in [0.717, 1.165) is 16.7 Å². The van der Waals surface area contributed by atoms with Crippen LogP contribution < -0.4 is 11.1 Å². The largest absolute Gasteiger partial charge is 0.394 e. The van der Waals surface area contributed by atoms with Gasteiger partial charge in [-0.2, -0.15) is 5.10 Å². The molecule has 29 heavy (non-hydrogen) atoms. The van der Waals surface area contributed by atoms with Crippen molar-refractivity contribution in [1.29, 1.82) is 0 Å². The average Bonchev–Trinajstić information content (AvgIpc) is 3.13. The Morgan fingerprint density at radius 2 is 1.24 bits per heavy atom. The number of hydrogen-bond donors (Lipinski definition) is 3. The van der Waals surface area contributed by atoms with Crippen LogP contribution in [0.3, 0.4) is 0 Å². The van der Waals surface area contributed by atoms with Gasteiger partial charge in [0.2, 0.25) is 0 Å². The molecule has 3 aromatic carbocycles. The first-order valence-corrected chi connectivity index (χ1v) is 9.62. The van der Waals surface area contributed by atoms with Gasteiger partial charge in [0.15, 0.2) is 0 Å². The number of aromatic nitrogens is 2. The topological polar surface area (TPSA) is 76.1 Å². The second kappa shape index (κ2) is 8.20. The third-order valence-electron chi connectivity index (χ3n) is 5.11. The van der Waals surface area contributed by atoms with E-state index >= 15 is 0 Å². The molecule has 0 aliphatic heterocycles. The van der Waals surface area contributed by atoms with E-state index in [4.69, 9.17) is 5.73 Å². The van der Waals surface area contributed by atoms with Crippen molar-refractivity contribution in [3.63, 3.8) is 0 Å². The first kappa shape index (κ1) is 18.8. The number of nitrogen functional groups attached to an aromatic ring is 1. The first-order chi connectivity index (χ1) is 14.3. The molecule has 5 heteroatoms. The van der Waals surface area contributed by atoms with Crippen molar-refractivity contribution in [2.45, 2.75) is 12.1 Å². The normalized spacial score (nSPS) is 11.3. The molecule has 0 amide bonds. The van der Waals surface area contributed by atoms with Crippen LogP contribution in [0.5, 0.6) is 0 Å². The number of rotatable bonds is 7. The molecule has 4 rings (SSSR count). The lowest BCUT2D eigenvalue weighted by atomic mass is 9.77. The standard InChI is InChI=1S/C24H24N4O/c25-22-18-26-28(16-17-29)23(22)27-24(19-10-4-1-5-11-19,20-12-6-2-7-13-20)21-14-8-3-9-15-21/h1-15,18,27,29H,16-17,25H2. The number of hydrogen-bond acceptors (Lipinski definition) is 4. The minimum atomic E-state index is -0.689. The van der Waals surface area contributed by atoms with E-state index < -0.39 is 5.54 Å². The van der Waals surface area contributed by atoms with Gasteiger partial charge in [0.05, 0.1) is 25.0 Å². The fraction of sp³-hybridized carbons (Fsp3) is 0.125. The Bertz CT molecular complexity index is 950. The molecule has 0 radical (unpaired) electrons. The fourth-order valence-electron chi connectivity index (χ4n) is 3.76. The van der Waals surface area contributed by atoms with Crippen LogP contribution in [0, 0.1) is 0 Å². The van der Waals surface area contributed by atoms with E-state index in [-0.39, 0.29) is 6.61 Å². The molecule has 0 atom stereocenters. The summed E-state index contributed by atoms with van der Waals surface area (Å²) in [4.78, 5) is 0. The van der Waals surface area contributed by atoms with Gasteiger partial charge in [-0.1, -0.05) is 91.0 Å². The van der Waals surface area contributed by atoms with Gasteiger partial charge in [0, 0.05) is 0 Å². The summed E-state index contributed by atoms with van der Waals surface area (Å²) >= 11 is 0. The minimum absolute atomic E-state index is 0.0230.